The molecule has 32 heavy (non-hydrogen) atoms. The van der Waals surface area contributed by atoms with E-state index in [1.165, 1.54) is 70.8 Å². The highest BCUT2D eigenvalue weighted by molar-refractivity contribution is 5.74. The number of rotatable bonds is 1. The fourth-order valence-corrected chi connectivity index (χ4v) is 10.8. The summed E-state index contributed by atoms with van der Waals surface area (Å²) < 4.78 is 0. The smallest absolute Gasteiger partial charge is 0.319 e. The number of likely N-dealkylation sites (tertiary alicyclic amines) is 2. The Balaban J connectivity index is 1.12. The molecule has 2 spiro atoms. The molecule has 0 radical (unpaired) electrons. The van der Waals surface area contributed by atoms with E-state index in [4.69, 9.17) is 0 Å². The minimum absolute atomic E-state index is 0.283. The number of carbonyl (C=O) groups is 1. The molecule has 4 heteroatoms. The van der Waals surface area contributed by atoms with Crippen molar-refractivity contribution in [3.05, 3.63) is 11.6 Å². The van der Waals surface area contributed by atoms with Gasteiger partial charge in [0.15, 0.2) is 0 Å². The molecule has 0 aromatic rings. The predicted molar refractivity (Wildman–Crippen MR) is 127 cm³/mol. The van der Waals surface area contributed by atoms with Crippen LogP contribution in [0.1, 0.15) is 77.6 Å². The van der Waals surface area contributed by atoms with Crippen LogP contribution >= 0.6 is 0 Å². The number of allylic oxidation sites excluding steroid dienone is 1. The summed E-state index contributed by atoms with van der Waals surface area (Å²) >= 11 is 0. The van der Waals surface area contributed by atoms with Crippen LogP contribution in [-0.2, 0) is 0 Å². The topological polar surface area (TPSA) is 26.8 Å². The zero-order valence-corrected chi connectivity index (χ0v) is 20.6. The van der Waals surface area contributed by atoms with Gasteiger partial charge in [-0.25, -0.2) is 4.79 Å². The SMILES string of the molecule is CN1C[C@]23CCC4[C@@H](CC=C5C[C@@H](N(C)C(=O)N6CCCC6)CC[C@@]54C)[C@@H]2CC[C@@]32C[C@H]12. The molecule has 6 fully saturated rings. The van der Waals surface area contributed by atoms with Crippen molar-refractivity contribution in [2.24, 2.45) is 34.0 Å². The molecular weight excluding hydrogens is 394 g/mol. The quantitative estimate of drug-likeness (QED) is 0.531. The zero-order chi connectivity index (χ0) is 21.9. The summed E-state index contributed by atoms with van der Waals surface area (Å²) in [5.74, 6) is 2.78. The van der Waals surface area contributed by atoms with Gasteiger partial charge in [0.1, 0.15) is 0 Å². The minimum Gasteiger partial charge on any atom is -0.325 e. The second-order valence-corrected chi connectivity index (χ2v) is 13.3. The molecule has 4 saturated carbocycles. The zero-order valence-electron chi connectivity index (χ0n) is 20.6. The van der Waals surface area contributed by atoms with Crippen LogP contribution in [0.3, 0.4) is 0 Å². The number of fused-ring (bicyclic) bond motifs is 4. The molecule has 0 aromatic heterocycles. The van der Waals surface area contributed by atoms with E-state index < -0.39 is 0 Å². The molecule has 1 unspecified atom stereocenters. The van der Waals surface area contributed by atoms with Gasteiger partial charge >= 0.3 is 6.03 Å². The summed E-state index contributed by atoms with van der Waals surface area (Å²) in [5, 5.41) is 0. The standard InChI is InChI=1S/C28H43N3O/c1-26-11-8-20(30(3)25(32)31-14-4-5-15-31)16-19(26)6-7-21-22(26)9-13-28-18-29(2)24-17-27(24,28)12-10-23(21)28/h6,20-24H,4-5,7-18H2,1-3H3/t20-,21+,22?,23-,24-,26-,27-,28+/m0/s1. The van der Waals surface area contributed by atoms with Gasteiger partial charge in [0.25, 0.3) is 0 Å². The molecule has 0 aromatic carbocycles. The Hall–Kier alpha value is -1.03. The first kappa shape index (κ1) is 20.4. The van der Waals surface area contributed by atoms with Gasteiger partial charge in [0, 0.05) is 38.8 Å². The molecule has 7 rings (SSSR count). The third-order valence-electron chi connectivity index (χ3n) is 12.5. The lowest BCUT2D eigenvalue weighted by Crippen LogP contribution is -2.54. The van der Waals surface area contributed by atoms with E-state index in [9.17, 15) is 4.79 Å². The summed E-state index contributed by atoms with van der Waals surface area (Å²) in [6.45, 7) is 5.93. The van der Waals surface area contributed by atoms with Gasteiger partial charge in [0.2, 0.25) is 0 Å². The Morgan fingerprint density at radius 1 is 1.06 bits per heavy atom. The molecule has 5 aliphatic carbocycles. The average Bonchev–Trinajstić information content (AvgIpc) is 3.07. The Kier molecular flexibility index (Phi) is 4.17. The van der Waals surface area contributed by atoms with Crippen molar-refractivity contribution < 1.29 is 4.79 Å². The Labute approximate surface area is 194 Å². The Morgan fingerprint density at radius 3 is 2.59 bits per heavy atom. The van der Waals surface area contributed by atoms with Crippen molar-refractivity contribution in [3.8, 4) is 0 Å². The van der Waals surface area contributed by atoms with Gasteiger partial charge in [-0.1, -0.05) is 18.6 Å². The summed E-state index contributed by atoms with van der Waals surface area (Å²) in [6.07, 6.45) is 17.5. The highest BCUT2D eigenvalue weighted by atomic mass is 16.2. The summed E-state index contributed by atoms with van der Waals surface area (Å²) in [6, 6.07) is 1.61. The maximum atomic E-state index is 13.0. The van der Waals surface area contributed by atoms with Gasteiger partial charge in [-0.2, -0.15) is 0 Å². The number of carbonyl (C=O) groups excluding carboxylic acids is 1. The van der Waals surface area contributed by atoms with E-state index >= 15 is 0 Å². The van der Waals surface area contributed by atoms with Gasteiger partial charge < -0.3 is 14.7 Å². The summed E-state index contributed by atoms with van der Waals surface area (Å²) in [4.78, 5) is 20.0. The Morgan fingerprint density at radius 2 is 1.81 bits per heavy atom. The van der Waals surface area contributed by atoms with Crippen LogP contribution in [0.15, 0.2) is 11.6 Å². The lowest BCUT2D eigenvalue weighted by molar-refractivity contribution is -0.0538. The van der Waals surface area contributed by atoms with Crippen LogP contribution in [0.2, 0.25) is 0 Å². The van der Waals surface area contributed by atoms with E-state index in [0.29, 0.717) is 16.9 Å². The van der Waals surface area contributed by atoms with Crippen molar-refractivity contribution in [1.82, 2.24) is 14.7 Å². The average molecular weight is 438 g/mol. The summed E-state index contributed by atoms with van der Waals surface area (Å²) in [5.41, 5.74) is 3.49. The lowest BCUT2D eigenvalue weighted by atomic mass is 9.46. The van der Waals surface area contributed by atoms with E-state index in [-0.39, 0.29) is 6.03 Å². The van der Waals surface area contributed by atoms with Gasteiger partial charge in [-0.05, 0) is 112 Å². The first-order valence-electron chi connectivity index (χ1n) is 13.8. The second kappa shape index (κ2) is 6.55. The van der Waals surface area contributed by atoms with Crippen LogP contribution in [0.4, 0.5) is 4.79 Å². The van der Waals surface area contributed by atoms with Crippen molar-refractivity contribution in [2.75, 3.05) is 33.7 Å². The molecule has 2 saturated heterocycles. The fourth-order valence-electron chi connectivity index (χ4n) is 10.8. The van der Waals surface area contributed by atoms with E-state index in [1.807, 2.05) is 0 Å². The van der Waals surface area contributed by atoms with Gasteiger partial charge in [-0.3, -0.25) is 0 Å². The van der Waals surface area contributed by atoms with Crippen molar-refractivity contribution in [3.63, 3.8) is 0 Å². The molecule has 4 nitrogen and oxygen atoms in total. The second-order valence-electron chi connectivity index (χ2n) is 13.3. The van der Waals surface area contributed by atoms with Crippen molar-refractivity contribution in [2.45, 2.75) is 89.6 Å². The largest absolute Gasteiger partial charge is 0.325 e. The van der Waals surface area contributed by atoms with Crippen LogP contribution < -0.4 is 0 Å². The normalized spacial score (nSPS) is 51.3. The molecule has 7 aliphatic rings. The summed E-state index contributed by atoms with van der Waals surface area (Å²) in [7, 11) is 4.49. The van der Waals surface area contributed by atoms with E-state index in [2.05, 4.69) is 41.8 Å². The first-order valence-corrected chi connectivity index (χ1v) is 13.8. The van der Waals surface area contributed by atoms with Crippen LogP contribution in [0, 0.1) is 34.0 Å². The van der Waals surface area contributed by atoms with Crippen LogP contribution in [0.25, 0.3) is 0 Å². The molecule has 8 atom stereocenters. The van der Waals surface area contributed by atoms with Crippen molar-refractivity contribution in [1.29, 1.82) is 0 Å². The molecular formula is C28H43N3O. The van der Waals surface area contributed by atoms with Gasteiger partial charge in [0.05, 0.1) is 0 Å². The van der Waals surface area contributed by atoms with E-state index in [0.717, 1.165) is 48.7 Å². The van der Waals surface area contributed by atoms with E-state index in [1.54, 1.807) is 5.57 Å². The Bertz CT molecular complexity index is 863. The van der Waals surface area contributed by atoms with Crippen LogP contribution in [-0.4, -0.2) is 66.5 Å². The monoisotopic (exact) mass is 437 g/mol. The maximum Gasteiger partial charge on any atom is 0.319 e. The number of hydrogen-bond acceptors (Lipinski definition) is 2. The number of nitrogens with zero attached hydrogens (tertiary/aromatic N) is 3. The fraction of sp³-hybridized carbons (Fsp3) is 0.893. The molecule has 0 bridgehead atoms. The predicted octanol–water partition coefficient (Wildman–Crippen LogP) is 5.15. The molecule has 2 amide bonds. The number of hydrogen-bond donors (Lipinski definition) is 0. The highest BCUT2D eigenvalue weighted by Gasteiger charge is 2.78. The maximum absolute atomic E-state index is 13.0. The highest BCUT2D eigenvalue weighted by Crippen LogP contribution is 2.80. The third kappa shape index (κ3) is 2.36. The lowest BCUT2D eigenvalue weighted by Gasteiger charge is -2.59. The first-order chi connectivity index (χ1) is 15.4. The molecule has 2 heterocycles. The molecule has 2 aliphatic heterocycles. The molecule has 0 N–H and O–H groups in total. The minimum atomic E-state index is 0.283. The number of amides is 2. The third-order valence-corrected chi connectivity index (χ3v) is 12.5. The number of piperidine rings is 1. The van der Waals surface area contributed by atoms with Crippen LogP contribution in [0.5, 0.6) is 0 Å². The van der Waals surface area contributed by atoms with Gasteiger partial charge in [-0.15, -0.1) is 0 Å². The number of urea groups is 1. The molecule has 176 valence electrons. The van der Waals surface area contributed by atoms with Crippen molar-refractivity contribution >= 4 is 6.03 Å².